The average molecular weight is 169 g/mol. The number of rotatable bonds is 2. The summed E-state index contributed by atoms with van der Waals surface area (Å²) in [6, 6.07) is 0.00519. The van der Waals surface area contributed by atoms with Gasteiger partial charge in [-0.05, 0) is 38.6 Å². The highest BCUT2D eigenvalue weighted by molar-refractivity contribution is 5.76. The minimum absolute atomic E-state index is 0.00519. The molecule has 0 unspecified atom stereocenters. The van der Waals surface area contributed by atoms with Gasteiger partial charge in [-0.25, -0.2) is 0 Å². The molecule has 3 nitrogen and oxygen atoms in total. The first-order chi connectivity index (χ1) is 5.86. The molecule has 0 aromatic rings. The third-order valence-corrected chi connectivity index (χ3v) is 2.69. The number of esters is 1. The molecule has 68 valence electrons. The van der Waals surface area contributed by atoms with Crippen LogP contribution in [-0.4, -0.2) is 24.7 Å². The molecule has 0 amide bonds. The Labute approximate surface area is 72.5 Å². The molecule has 1 heterocycles. The summed E-state index contributed by atoms with van der Waals surface area (Å²) < 4.78 is 5.31. The zero-order chi connectivity index (χ0) is 8.39. The van der Waals surface area contributed by atoms with Crippen LogP contribution in [0.15, 0.2) is 0 Å². The predicted molar refractivity (Wildman–Crippen MR) is 44.8 cm³/mol. The SMILES string of the molecule is O=C(OC1CCCC1)[C@@H]1CCN1. The van der Waals surface area contributed by atoms with E-state index in [1.165, 1.54) is 12.8 Å². The topological polar surface area (TPSA) is 38.3 Å². The van der Waals surface area contributed by atoms with Gasteiger partial charge in [-0.15, -0.1) is 0 Å². The summed E-state index contributed by atoms with van der Waals surface area (Å²) in [5.41, 5.74) is 0. The first kappa shape index (κ1) is 8.05. The molecule has 2 fully saturated rings. The highest BCUT2D eigenvalue weighted by atomic mass is 16.5. The number of hydrogen-bond donors (Lipinski definition) is 1. The van der Waals surface area contributed by atoms with E-state index in [0.717, 1.165) is 25.8 Å². The van der Waals surface area contributed by atoms with Crippen molar-refractivity contribution in [3.8, 4) is 0 Å². The molecule has 12 heavy (non-hydrogen) atoms. The smallest absolute Gasteiger partial charge is 0.323 e. The van der Waals surface area contributed by atoms with E-state index in [2.05, 4.69) is 5.32 Å². The average Bonchev–Trinajstić information content (AvgIpc) is 2.34. The van der Waals surface area contributed by atoms with Crippen LogP contribution in [0.1, 0.15) is 32.1 Å². The zero-order valence-corrected chi connectivity index (χ0v) is 7.21. The van der Waals surface area contributed by atoms with Crippen molar-refractivity contribution in [1.82, 2.24) is 5.32 Å². The fourth-order valence-corrected chi connectivity index (χ4v) is 1.74. The molecular formula is C9H15NO2. The Kier molecular flexibility index (Phi) is 2.30. The summed E-state index contributed by atoms with van der Waals surface area (Å²) in [6.45, 7) is 0.963. The third-order valence-electron chi connectivity index (χ3n) is 2.69. The summed E-state index contributed by atoms with van der Waals surface area (Å²) in [6.07, 6.45) is 5.74. The lowest BCUT2D eigenvalue weighted by atomic mass is 10.1. The van der Waals surface area contributed by atoms with Crippen LogP contribution in [0.3, 0.4) is 0 Å². The number of carbonyl (C=O) groups is 1. The minimum Gasteiger partial charge on any atom is -0.461 e. The molecule has 1 saturated heterocycles. The van der Waals surface area contributed by atoms with Crippen molar-refractivity contribution < 1.29 is 9.53 Å². The fourth-order valence-electron chi connectivity index (χ4n) is 1.74. The molecule has 0 spiro atoms. The van der Waals surface area contributed by atoms with Gasteiger partial charge in [-0.3, -0.25) is 4.79 Å². The summed E-state index contributed by atoms with van der Waals surface area (Å²) in [7, 11) is 0. The molecular weight excluding hydrogens is 154 g/mol. The van der Waals surface area contributed by atoms with Gasteiger partial charge in [0.25, 0.3) is 0 Å². The van der Waals surface area contributed by atoms with E-state index in [1.54, 1.807) is 0 Å². The van der Waals surface area contributed by atoms with Crippen LogP contribution >= 0.6 is 0 Å². The van der Waals surface area contributed by atoms with E-state index in [9.17, 15) is 4.79 Å². The van der Waals surface area contributed by atoms with E-state index in [1.807, 2.05) is 0 Å². The van der Waals surface area contributed by atoms with Gasteiger partial charge in [0, 0.05) is 0 Å². The number of nitrogens with one attached hydrogen (secondary N) is 1. The first-order valence-corrected chi connectivity index (χ1v) is 4.80. The second-order valence-electron chi connectivity index (χ2n) is 3.64. The quantitative estimate of drug-likeness (QED) is 0.622. The molecule has 2 aliphatic rings. The molecule has 1 aliphatic heterocycles. The van der Waals surface area contributed by atoms with E-state index in [0.29, 0.717) is 0 Å². The van der Waals surface area contributed by atoms with Crippen LogP contribution in [0.4, 0.5) is 0 Å². The molecule has 1 aliphatic carbocycles. The molecule has 2 rings (SSSR count). The maximum atomic E-state index is 11.3. The van der Waals surface area contributed by atoms with E-state index >= 15 is 0 Å². The van der Waals surface area contributed by atoms with Crippen LogP contribution in [0.5, 0.6) is 0 Å². The van der Waals surface area contributed by atoms with Gasteiger partial charge in [0.1, 0.15) is 12.1 Å². The van der Waals surface area contributed by atoms with E-state index in [-0.39, 0.29) is 18.1 Å². The Bertz CT molecular complexity index is 171. The van der Waals surface area contributed by atoms with Crippen molar-refractivity contribution in [3.63, 3.8) is 0 Å². The Morgan fingerprint density at radius 1 is 1.25 bits per heavy atom. The lowest BCUT2D eigenvalue weighted by Gasteiger charge is -2.26. The van der Waals surface area contributed by atoms with Gasteiger partial charge >= 0.3 is 5.97 Å². The maximum absolute atomic E-state index is 11.3. The van der Waals surface area contributed by atoms with Crippen LogP contribution in [0.2, 0.25) is 0 Å². The molecule has 0 radical (unpaired) electrons. The second kappa shape index (κ2) is 3.44. The van der Waals surface area contributed by atoms with Gasteiger partial charge in [0.15, 0.2) is 0 Å². The predicted octanol–water partition coefficient (Wildman–Crippen LogP) is 0.834. The van der Waals surface area contributed by atoms with Crippen molar-refractivity contribution in [2.24, 2.45) is 0 Å². The maximum Gasteiger partial charge on any atom is 0.323 e. The number of ether oxygens (including phenoxy) is 1. The lowest BCUT2D eigenvalue weighted by Crippen LogP contribution is -2.49. The van der Waals surface area contributed by atoms with Gasteiger partial charge in [0.05, 0.1) is 0 Å². The molecule has 1 atom stereocenters. The fraction of sp³-hybridized carbons (Fsp3) is 0.889. The summed E-state index contributed by atoms with van der Waals surface area (Å²) in [5.74, 6) is -0.0341. The van der Waals surface area contributed by atoms with Gasteiger partial charge in [-0.1, -0.05) is 0 Å². The van der Waals surface area contributed by atoms with Crippen molar-refractivity contribution >= 4 is 5.97 Å². The van der Waals surface area contributed by atoms with Gasteiger partial charge in [-0.2, -0.15) is 0 Å². The number of hydrogen-bond acceptors (Lipinski definition) is 3. The van der Waals surface area contributed by atoms with Crippen LogP contribution in [0, 0.1) is 0 Å². The molecule has 0 bridgehead atoms. The van der Waals surface area contributed by atoms with Crippen molar-refractivity contribution in [2.75, 3.05) is 6.54 Å². The monoisotopic (exact) mass is 169 g/mol. The third kappa shape index (κ3) is 1.61. The molecule has 0 aromatic carbocycles. The van der Waals surface area contributed by atoms with E-state index < -0.39 is 0 Å². The Morgan fingerprint density at radius 2 is 1.92 bits per heavy atom. The largest absolute Gasteiger partial charge is 0.461 e. The summed E-state index contributed by atoms with van der Waals surface area (Å²) in [4.78, 5) is 11.3. The van der Waals surface area contributed by atoms with E-state index in [4.69, 9.17) is 4.74 Å². The molecule has 0 aromatic heterocycles. The summed E-state index contributed by atoms with van der Waals surface area (Å²) >= 11 is 0. The standard InChI is InChI=1S/C9H15NO2/c11-9(8-5-6-10-8)12-7-3-1-2-4-7/h7-8,10H,1-6H2/t8-/m0/s1. The molecule has 1 N–H and O–H groups in total. The minimum atomic E-state index is -0.0341. The van der Waals surface area contributed by atoms with Crippen molar-refractivity contribution in [3.05, 3.63) is 0 Å². The van der Waals surface area contributed by atoms with Crippen LogP contribution < -0.4 is 5.32 Å². The van der Waals surface area contributed by atoms with Gasteiger partial charge in [0.2, 0.25) is 0 Å². The Morgan fingerprint density at radius 3 is 2.42 bits per heavy atom. The summed E-state index contributed by atoms with van der Waals surface area (Å²) in [5, 5.41) is 3.04. The normalized spacial score (nSPS) is 29.8. The van der Waals surface area contributed by atoms with Crippen LogP contribution in [0.25, 0.3) is 0 Å². The highest BCUT2D eigenvalue weighted by Crippen LogP contribution is 2.22. The Hall–Kier alpha value is -0.570. The van der Waals surface area contributed by atoms with Crippen LogP contribution in [-0.2, 0) is 9.53 Å². The highest BCUT2D eigenvalue weighted by Gasteiger charge is 2.29. The lowest BCUT2D eigenvalue weighted by molar-refractivity contribution is -0.153. The van der Waals surface area contributed by atoms with Crippen molar-refractivity contribution in [2.45, 2.75) is 44.2 Å². The number of carbonyl (C=O) groups excluding carboxylic acids is 1. The first-order valence-electron chi connectivity index (χ1n) is 4.80. The van der Waals surface area contributed by atoms with Crippen molar-refractivity contribution in [1.29, 1.82) is 0 Å². The second-order valence-corrected chi connectivity index (χ2v) is 3.64. The van der Waals surface area contributed by atoms with Gasteiger partial charge < -0.3 is 10.1 Å². The Balaban J connectivity index is 1.73. The molecule has 3 heteroatoms. The zero-order valence-electron chi connectivity index (χ0n) is 7.21. The molecule has 1 saturated carbocycles.